The van der Waals surface area contributed by atoms with Crippen LogP contribution in [0.5, 0.6) is 0 Å². The van der Waals surface area contributed by atoms with Crippen LogP contribution in [0.3, 0.4) is 0 Å². The van der Waals surface area contributed by atoms with Gasteiger partial charge in [0.1, 0.15) is 18.8 Å². The first-order valence-electron chi connectivity index (χ1n) is 15.0. The predicted molar refractivity (Wildman–Crippen MR) is 162 cm³/mol. The van der Waals surface area contributed by atoms with E-state index in [1.54, 1.807) is 24.3 Å². The lowest BCUT2D eigenvalue weighted by Crippen LogP contribution is -2.68. The smallest absolute Gasteiger partial charge is 0.364 e. The second kappa shape index (κ2) is 20.3. The Labute approximate surface area is 271 Å². The van der Waals surface area contributed by atoms with Crippen molar-refractivity contribution in [1.82, 2.24) is 16.0 Å². The predicted octanol–water partition coefficient (Wildman–Crippen LogP) is -2.20. The first-order valence-corrected chi connectivity index (χ1v) is 15.4. The van der Waals surface area contributed by atoms with Gasteiger partial charge in [0.25, 0.3) is 5.79 Å². The second-order valence-electron chi connectivity index (χ2n) is 10.7. The van der Waals surface area contributed by atoms with Crippen LogP contribution in [-0.4, -0.2) is 132 Å². The van der Waals surface area contributed by atoms with Crippen LogP contribution in [0.25, 0.3) is 0 Å². The number of carbonyl (C=O) groups excluding carboxylic acids is 3. The van der Waals surface area contributed by atoms with E-state index in [2.05, 4.69) is 16.0 Å². The number of nitrogens with two attached hydrogens (primary N) is 1. The highest BCUT2D eigenvalue weighted by atomic mass is 35.5. The molecule has 3 amide bonds. The van der Waals surface area contributed by atoms with Crippen molar-refractivity contribution in [3.05, 3.63) is 34.9 Å². The van der Waals surface area contributed by atoms with Crippen molar-refractivity contribution in [1.29, 1.82) is 0 Å². The van der Waals surface area contributed by atoms with E-state index in [1.807, 2.05) is 0 Å². The first kappa shape index (κ1) is 39.2. The third-order valence-corrected chi connectivity index (χ3v) is 7.35. The van der Waals surface area contributed by atoms with Crippen LogP contribution in [-0.2, 0) is 39.8 Å². The number of nitrogens with one attached hydrogen (secondary N) is 3. The van der Waals surface area contributed by atoms with Crippen molar-refractivity contribution >= 4 is 35.3 Å². The molecule has 1 saturated heterocycles. The molecule has 1 aromatic carbocycles. The molecule has 1 aliphatic heterocycles. The van der Waals surface area contributed by atoms with Crippen LogP contribution >= 0.6 is 11.6 Å². The minimum Gasteiger partial charge on any atom is -0.477 e. The maximum atomic E-state index is 12.4. The van der Waals surface area contributed by atoms with Gasteiger partial charge in [-0.15, -0.1) is 0 Å². The van der Waals surface area contributed by atoms with E-state index in [0.717, 1.165) is 0 Å². The van der Waals surface area contributed by atoms with E-state index in [9.17, 15) is 44.7 Å². The highest BCUT2D eigenvalue weighted by molar-refractivity contribution is 6.30. The fourth-order valence-electron chi connectivity index (χ4n) is 4.69. The lowest BCUT2D eigenvalue weighted by Gasteiger charge is -2.46. The zero-order valence-corrected chi connectivity index (χ0v) is 26.2. The molecule has 0 radical (unpaired) electrons. The normalized spacial score (nSPS) is 22.4. The van der Waals surface area contributed by atoms with Gasteiger partial charge in [-0.05, 0) is 30.5 Å². The molecule has 0 aromatic heterocycles. The molecule has 260 valence electrons. The van der Waals surface area contributed by atoms with Gasteiger partial charge in [0.05, 0.1) is 44.5 Å². The second-order valence-corrected chi connectivity index (χ2v) is 11.2. The Morgan fingerprint density at radius 3 is 2.39 bits per heavy atom. The van der Waals surface area contributed by atoms with Crippen LogP contribution < -0.4 is 21.7 Å². The Hall–Kier alpha value is -2.93. The van der Waals surface area contributed by atoms with Gasteiger partial charge in [-0.25, -0.2) is 4.79 Å². The van der Waals surface area contributed by atoms with Gasteiger partial charge in [-0.3, -0.25) is 14.4 Å². The molecule has 0 saturated carbocycles. The van der Waals surface area contributed by atoms with Gasteiger partial charge >= 0.3 is 5.97 Å². The summed E-state index contributed by atoms with van der Waals surface area (Å²) in [6.45, 7) is -0.144. The van der Waals surface area contributed by atoms with Crippen molar-refractivity contribution in [3.8, 4) is 0 Å². The van der Waals surface area contributed by atoms with Crippen LogP contribution in [0.2, 0.25) is 5.02 Å². The number of benzene rings is 1. The van der Waals surface area contributed by atoms with Gasteiger partial charge in [0.2, 0.25) is 17.7 Å². The number of aliphatic hydroxyl groups is 4. The number of hydrogen-bond donors (Lipinski definition) is 9. The molecule has 0 bridgehead atoms. The summed E-state index contributed by atoms with van der Waals surface area (Å²) < 4.78 is 16.4. The lowest BCUT2D eigenvalue weighted by atomic mass is 9.88. The van der Waals surface area contributed by atoms with Crippen molar-refractivity contribution < 1.29 is 58.9 Å². The third-order valence-electron chi connectivity index (χ3n) is 7.10. The number of aliphatic carboxylic acids is 1. The number of ether oxygens (including phenoxy) is 3. The molecule has 0 unspecified atom stereocenters. The maximum Gasteiger partial charge on any atom is 0.364 e. The molecule has 2 rings (SSSR count). The molecule has 0 aliphatic carbocycles. The van der Waals surface area contributed by atoms with E-state index in [1.165, 1.54) is 0 Å². The summed E-state index contributed by atoms with van der Waals surface area (Å²) in [4.78, 5) is 48.6. The van der Waals surface area contributed by atoms with Crippen LogP contribution in [0.4, 0.5) is 0 Å². The van der Waals surface area contributed by atoms with E-state index in [-0.39, 0.29) is 25.4 Å². The van der Waals surface area contributed by atoms with E-state index < -0.39 is 73.6 Å². The fourth-order valence-corrected chi connectivity index (χ4v) is 4.82. The number of unbranched alkanes of at least 4 members (excludes halogenated alkanes) is 2. The summed E-state index contributed by atoms with van der Waals surface area (Å²) >= 11 is 5.85. The van der Waals surface area contributed by atoms with Gasteiger partial charge < -0.3 is 61.4 Å². The largest absolute Gasteiger partial charge is 0.477 e. The zero-order valence-electron chi connectivity index (χ0n) is 25.4. The Morgan fingerprint density at radius 1 is 1.02 bits per heavy atom. The monoisotopic (exact) mass is 676 g/mol. The summed E-state index contributed by atoms with van der Waals surface area (Å²) in [7, 11) is 0. The lowest BCUT2D eigenvalue weighted by molar-refractivity contribution is -0.310. The maximum absolute atomic E-state index is 12.4. The molecule has 1 aromatic rings. The highest BCUT2D eigenvalue weighted by Gasteiger charge is 2.55. The number of carboxylic acids is 1. The Kier molecular flexibility index (Phi) is 17.4. The number of aliphatic hydroxyl groups excluding tert-OH is 4. The molecule has 17 heteroatoms. The molecule has 46 heavy (non-hydrogen) atoms. The number of carbonyl (C=O) groups is 4. The number of amides is 3. The standard InChI is InChI=1S/C29H45ClN4O12/c30-19-7-5-18(6-8-19)14-23(39)33-16-21(37)26(41)27-25(34-24(40)17-35)20(36)15-29(46-27,28(42)43)45-11-3-1-2-4-22(38)32-10-13-44-12-9-31/h5-8,20-21,25-27,35-37,41H,1-4,9-17,31H2,(H,32,38)(H,33,39)(H,34,40)(H,42,43)/t20-,21+,25+,26+,27+,29+/m0/s1. The number of halogens is 1. The average molecular weight is 677 g/mol. The summed E-state index contributed by atoms with van der Waals surface area (Å²) in [5.74, 6) is -5.72. The summed E-state index contributed by atoms with van der Waals surface area (Å²) in [6.07, 6.45) is -6.26. The zero-order chi connectivity index (χ0) is 34.1. The number of rotatable bonds is 21. The molecule has 1 aliphatic rings. The number of hydrogen-bond acceptors (Lipinski definition) is 12. The van der Waals surface area contributed by atoms with Crippen molar-refractivity contribution in [2.75, 3.05) is 46.1 Å². The average Bonchev–Trinajstić information content (AvgIpc) is 3.03. The SMILES string of the molecule is NCCOCCNC(=O)CCCCCO[C@]1(C(=O)O)C[C@H](O)[C@@H](NC(=O)CO)[C@H]([C@H](O)[C@H](O)CNC(=O)Cc2ccc(Cl)cc2)O1. The molecule has 10 N–H and O–H groups in total. The summed E-state index contributed by atoms with van der Waals surface area (Å²) in [6, 6.07) is 5.04. The highest BCUT2D eigenvalue weighted by Crippen LogP contribution is 2.34. The van der Waals surface area contributed by atoms with Gasteiger partial charge in [0, 0.05) is 37.5 Å². The fraction of sp³-hybridized carbons (Fsp3) is 0.655. The molecular formula is C29H45ClN4O12. The van der Waals surface area contributed by atoms with Crippen LogP contribution in [0, 0.1) is 0 Å². The van der Waals surface area contributed by atoms with Gasteiger partial charge in [-0.2, -0.15) is 0 Å². The molecule has 1 fully saturated rings. The van der Waals surface area contributed by atoms with E-state index in [4.69, 9.17) is 31.5 Å². The Bertz CT molecular complexity index is 1110. The number of carboxylic acid groups (broad SMARTS) is 1. The first-order chi connectivity index (χ1) is 21.9. The Morgan fingerprint density at radius 2 is 1.74 bits per heavy atom. The minimum absolute atomic E-state index is 0.0569. The summed E-state index contributed by atoms with van der Waals surface area (Å²) in [5, 5.41) is 59.7. The van der Waals surface area contributed by atoms with E-state index >= 15 is 0 Å². The third kappa shape index (κ3) is 13.1. The Balaban J connectivity index is 1.98. The van der Waals surface area contributed by atoms with Crippen LogP contribution in [0.15, 0.2) is 24.3 Å². The summed E-state index contributed by atoms with van der Waals surface area (Å²) in [5.41, 5.74) is 5.96. The topological polar surface area (TPSA) is 259 Å². The van der Waals surface area contributed by atoms with Crippen molar-refractivity contribution in [3.63, 3.8) is 0 Å². The van der Waals surface area contributed by atoms with E-state index in [0.29, 0.717) is 56.2 Å². The molecule has 6 atom stereocenters. The molecule has 0 spiro atoms. The molecule has 1 heterocycles. The minimum atomic E-state index is -2.47. The van der Waals surface area contributed by atoms with Crippen molar-refractivity contribution in [2.24, 2.45) is 5.73 Å². The van der Waals surface area contributed by atoms with Gasteiger partial charge in [-0.1, -0.05) is 30.2 Å². The molecule has 16 nitrogen and oxygen atoms in total. The quantitative estimate of drug-likeness (QED) is 0.0627. The van der Waals surface area contributed by atoms with Crippen LogP contribution in [0.1, 0.15) is 37.7 Å². The van der Waals surface area contributed by atoms with Crippen molar-refractivity contribution in [2.45, 2.75) is 74.8 Å². The molecular weight excluding hydrogens is 632 g/mol. The van der Waals surface area contributed by atoms with Gasteiger partial charge in [0.15, 0.2) is 0 Å².